The minimum Gasteiger partial charge on any atom is -0.497 e. The number of hydrogen-bond donors (Lipinski definition) is 1. The van der Waals surface area contributed by atoms with Gasteiger partial charge in [0.2, 0.25) is 0 Å². The minimum atomic E-state index is -0.398. The Balaban J connectivity index is 1.61. The van der Waals surface area contributed by atoms with E-state index < -0.39 is 5.63 Å². The van der Waals surface area contributed by atoms with Crippen LogP contribution in [0.1, 0.15) is 30.9 Å². The second kappa shape index (κ2) is 8.61. The van der Waals surface area contributed by atoms with Crippen LogP contribution in [0.2, 0.25) is 0 Å². The Morgan fingerprint density at radius 2 is 1.79 bits per heavy atom. The first-order valence-corrected chi connectivity index (χ1v) is 9.06. The molecule has 0 unspecified atom stereocenters. The van der Waals surface area contributed by atoms with Crippen molar-refractivity contribution in [3.8, 4) is 11.5 Å². The third kappa shape index (κ3) is 4.71. The van der Waals surface area contributed by atoms with Gasteiger partial charge < -0.3 is 19.2 Å². The molecular formula is C22H23NO5. The number of amides is 1. The topological polar surface area (TPSA) is 77.8 Å². The Hall–Kier alpha value is -3.28. The van der Waals surface area contributed by atoms with Crippen molar-refractivity contribution in [2.45, 2.75) is 26.3 Å². The fourth-order valence-electron chi connectivity index (χ4n) is 2.88. The standard InChI is InChI=1S/C22H23NO5/c1-14(2)19-11-22(25)28-20-10-17(8-9-18(19)20)27-13-21(24)23-12-15-4-6-16(26-3)7-5-15/h4-11,14H,12-13H2,1-3H3,(H,23,24). The fraction of sp³-hybridized carbons (Fsp3) is 0.273. The maximum atomic E-state index is 12.0. The summed E-state index contributed by atoms with van der Waals surface area (Å²) in [7, 11) is 1.61. The molecule has 0 aliphatic rings. The monoisotopic (exact) mass is 381 g/mol. The number of carbonyl (C=O) groups excluding carboxylic acids is 1. The molecule has 0 fully saturated rings. The van der Waals surface area contributed by atoms with Crippen molar-refractivity contribution in [2.24, 2.45) is 0 Å². The van der Waals surface area contributed by atoms with Crippen LogP contribution in [-0.4, -0.2) is 19.6 Å². The van der Waals surface area contributed by atoms with Gasteiger partial charge >= 0.3 is 5.63 Å². The van der Waals surface area contributed by atoms with E-state index in [0.717, 1.165) is 22.3 Å². The van der Waals surface area contributed by atoms with Gasteiger partial charge in [0, 0.05) is 24.1 Å². The van der Waals surface area contributed by atoms with Gasteiger partial charge in [0.1, 0.15) is 17.1 Å². The largest absolute Gasteiger partial charge is 0.497 e. The second-order valence-electron chi connectivity index (χ2n) is 6.75. The molecule has 28 heavy (non-hydrogen) atoms. The van der Waals surface area contributed by atoms with E-state index in [4.69, 9.17) is 13.9 Å². The van der Waals surface area contributed by atoms with Crippen LogP contribution in [0.4, 0.5) is 0 Å². The van der Waals surface area contributed by atoms with E-state index in [9.17, 15) is 9.59 Å². The lowest BCUT2D eigenvalue weighted by atomic mass is 10.00. The Kier molecular flexibility index (Phi) is 5.99. The van der Waals surface area contributed by atoms with Gasteiger partial charge in [0.15, 0.2) is 6.61 Å². The maximum absolute atomic E-state index is 12.0. The summed E-state index contributed by atoms with van der Waals surface area (Å²) in [6.45, 7) is 4.31. The van der Waals surface area contributed by atoms with Crippen molar-refractivity contribution in [3.05, 3.63) is 70.1 Å². The molecule has 1 amide bonds. The van der Waals surface area contributed by atoms with Gasteiger partial charge in [-0.25, -0.2) is 4.79 Å². The van der Waals surface area contributed by atoms with Crippen LogP contribution in [0.3, 0.4) is 0 Å². The molecule has 0 saturated heterocycles. The third-order valence-corrected chi connectivity index (χ3v) is 4.39. The van der Waals surface area contributed by atoms with Crippen molar-refractivity contribution in [2.75, 3.05) is 13.7 Å². The first-order valence-electron chi connectivity index (χ1n) is 9.06. The molecule has 6 nitrogen and oxygen atoms in total. The summed E-state index contributed by atoms with van der Waals surface area (Å²) in [5.74, 6) is 1.19. The van der Waals surface area contributed by atoms with Gasteiger partial charge in [0.05, 0.1) is 7.11 Å². The summed E-state index contributed by atoms with van der Waals surface area (Å²) < 4.78 is 15.9. The molecule has 0 atom stereocenters. The molecule has 0 bridgehead atoms. The van der Waals surface area contributed by atoms with Crippen LogP contribution in [-0.2, 0) is 11.3 Å². The summed E-state index contributed by atoms with van der Waals surface area (Å²) >= 11 is 0. The zero-order valence-corrected chi connectivity index (χ0v) is 16.2. The van der Waals surface area contributed by atoms with E-state index in [1.807, 2.05) is 44.2 Å². The third-order valence-electron chi connectivity index (χ3n) is 4.39. The van der Waals surface area contributed by atoms with Crippen molar-refractivity contribution >= 4 is 16.9 Å². The predicted octanol–water partition coefficient (Wildman–Crippen LogP) is 3.62. The SMILES string of the molecule is COc1ccc(CNC(=O)COc2ccc3c(C(C)C)cc(=O)oc3c2)cc1. The lowest BCUT2D eigenvalue weighted by molar-refractivity contribution is -0.123. The molecular weight excluding hydrogens is 358 g/mol. The smallest absolute Gasteiger partial charge is 0.336 e. The van der Waals surface area contributed by atoms with E-state index in [1.165, 1.54) is 6.07 Å². The van der Waals surface area contributed by atoms with E-state index in [0.29, 0.717) is 17.9 Å². The average molecular weight is 381 g/mol. The molecule has 3 aromatic rings. The molecule has 0 spiro atoms. The predicted molar refractivity (Wildman–Crippen MR) is 107 cm³/mol. The van der Waals surface area contributed by atoms with Crippen LogP contribution in [0.15, 0.2) is 57.7 Å². The van der Waals surface area contributed by atoms with Gasteiger partial charge in [-0.2, -0.15) is 0 Å². The Bertz CT molecular complexity index is 1020. The highest BCUT2D eigenvalue weighted by molar-refractivity contribution is 5.82. The minimum absolute atomic E-state index is 0.129. The number of hydrogen-bond acceptors (Lipinski definition) is 5. The van der Waals surface area contributed by atoms with Crippen LogP contribution in [0.5, 0.6) is 11.5 Å². The normalized spacial score (nSPS) is 10.9. The molecule has 1 heterocycles. The zero-order chi connectivity index (χ0) is 20.1. The fourth-order valence-corrected chi connectivity index (χ4v) is 2.88. The number of ether oxygens (including phenoxy) is 2. The highest BCUT2D eigenvalue weighted by atomic mass is 16.5. The van der Waals surface area contributed by atoms with Crippen molar-refractivity contribution < 1.29 is 18.7 Å². The summed E-state index contributed by atoms with van der Waals surface area (Å²) in [4.78, 5) is 23.8. The van der Waals surface area contributed by atoms with E-state index in [1.54, 1.807) is 19.2 Å². The van der Waals surface area contributed by atoms with Gasteiger partial charge in [-0.3, -0.25) is 4.79 Å². The molecule has 2 aromatic carbocycles. The van der Waals surface area contributed by atoms with E-state index in [-0.39, 0.29) is 18.4 Å². The summed E-state index contributed by atoms with van der Waals surface area (Å²) in [5, 5.41) is 3.67. The van der Waals surface area contributed by atoms with Crippen LogP contribution in [0, 0.1) is 0 Å². The Morgan fingerprint density at radius 1 is 1.07 bits per heavy atom. The summed E-state index contributed by atoms with van der Waals surface area (Å²) in [6.07, 6.45) is 0. The lowest BCUT2D eigenvalue weighted by Crippen LogP contribution is -2.28. The summed E-state index contributed by atoms with van der Waals surface area (Å²) in [5.41, 5.74) is 1.94. The van der Waals surface area contributed by atoms with Gasteiger partial charge in [0.25, 0.3) is 5.91 Å². The van der Waals surface area contributed by atoms with Crippen LogP contribution < -0.4 is 20.4 Å². The molecule has 3 rings (SSSR count). The Morgan fingerprint density at radius 3 is 2.46 bits per heavy atom. The highest BCUT2D eigenvalue weighted by Crippen LogP contribution is 2.27. The number of rotatable bonds is 7. The summed E-state index contributed by atoms with van der Waals surface area (Å²) in [6, 6.07) is 14.2. The molecule has 146 valence electrons. The quantitative estimate of drug-likeness (QED) is 0.633. The molecule has 1 N–H and O–H groups in total. The number of nitrogens with one attached hydrogen (secondary N) is 1. The number of fused-ring (bicyclic) bond motifs is 1. The maximum Gasteiger partial charge on any atom is 0.336 e. The van der Waals surface area contributed by atoms with Crippen molar-refractivity contribution in [3.63, 3.8) is 0 Å². The molecule has 0 aliphatic heterocycles. The van der Waals surface area contributed by atoms with Gasteiger partial charge in [-0.1, -0.05) is 26.0 Å². The van der Waals surface area contributed by atoms with E-state index in [2.05, 4.69) is 5.32 Å². The van der Waals surface area contributed by atoms with Gasteiger partial charge in [-0.15, -0.1) is 0 Å². The average Bonchev–Trinajstić information content (AvgIpc) is 2.70. The first-order chi connectivity index (χ1) is 13.5. The van der Waals surface area contributed by atoms with E-state index >= 15 is 0 Å². The molecule has 6 heteroatoms. The van der Waals surface area contributed by atoms with Crippen LogP contribution >= 0.6 is 0 Å². The second-order valence-corrected chi connectivity index (χ2v) is 6.75. The highest BCUT2D eigenvalue weighted by Gasteiger charge is 2.11. The molecule has 0 aliphatic carbocycles. The molecule has 0 radical (unpaired) electrons. The zero-order valence-electron chi connectivity index (χ0n) is 16.2. The molecule has 0 saturated carbocycles. The number of benzene rings is 2. The molecule has 1 aromatic heterocycles. The first kappa shape index (κ1) is 19.5. The van der Waals surface area contributed by atoms with Gasteiger partial charge in [-0.05, 0) is 41.3 Å². The lowest BCUT2D eigenvalue weighted by Gasteiger charge is -2.11. The van der Waals surface area contributed by atoms with Crippen molar-refractivity contribution in [1.29, 1.82) is 0 Å². The van der Waals surface area contributed by atoms with Crippen LogP contribution in [0.25, 0.3) is 11.0 Å². The van der Waals surface area contributed by atoms with Crippen molar-refractivity contribution in [1.82, 2.24) is 5.32 Å². The Labute approximate surface area is 163 Å². The number of methoxy groups -OCH3 is 1. The number of carbonyl (C=O) groups is 1.